The van der Waals surface area contributed by atoms with Gasteiger partial charge in [0.1, 0.15) is 17.8 Å². The van der Waals surface area contributed by atoms with Crippen molar-refractivity contribution >= 4 is 11.9 Å². The van der Waals surface area contributed by atoms with Gasteiger partial charge in [-0.25, -0.2) is 9.59 Å². The van der Waals surface area contributed by atoms with Crippen LogP contribution in [0.25, 0.3) is 0 Å². The van der Waals surface area contributed by atoms with Gasteiger partial charge in [0, 0.05) is 23.5 Å². The maximum atomic E-state index is 12.4. The number of carbonyl (C=O) groups is 2. The van der Waals surface area contributed by atoms with Gasteiger partial charge in [-0.1, -0.05) is 18.2 Å². The lowest BCUT2D eigenvalue weighted by Crippen LogP contribution is -2.40. The van der Waals surface area contributed by atoms with E-state index in [0.29, 0.717) is 17.6 Å². The van der Waals surface area contributed by atoms with Crippen LogP contribution in [-0.2, 0) is 23.8 Å². The summed E-state index contributed by atoms with van der Waals surface area (Å²) in [4.78, 5) is 24.6. The molecule has 6 atom stereocenters. The molecular weight excluding hydrogens is 336 g/mol. The fourth-order valence-corrected chi connectivity index (χ4v) is 4.80. The second-order valence-electron chi connectivity index (χ2n) is 7.80. The van der Waals surface area contributed by atoms with Crippen LogP contribution in [0.4, 0.5) is 0 Å². The third-order valence-corrected chi connectivity index (χ3v) is 6.47. The smallest absolute Gasteiger partial charge is 0.334 e. The highest BCUT2D eigenvalue weighted by Gasteiger charge is 2.70. The van der Waals surface area contributed by atoms with Crippen LogP contribution in [0, 0.1) is 11.8 Å². The standard InChI is InChI=1S/C20H24O6/c1-5-9(2)18(22)24-13-6-11(8-21)12-7-14-20(4,26-14)16(12)17-15(13)10(3)19(23)25-17/h5,13-17,21H,3,6-8H2,1-2,4H3/b9-5-/t13-,14+,15-,16+,17+,20+/m1/s1. The van der Waals surface area contributed by atoms with Crippen molar-refractivity contribution in [1.29, 1.82) is 0 Å². The lowest BCUT2D eigenvalue weighted by atomic mass is 9.80. The molecule has 6 heteroatoms. The van der Waals surface area contributed by atoms with Gasteiger partial charge in [0.2, 0.25) is 0 Å². The van der Waals surface area contributed by atoms with Crippen LogP contribution in [0.15, 0.2) is 34.9 Å². The summed E-state index contributed by atoms with van der Waals surface area (Å²) >= 11 is 0. The van der Waals surface area contributed by atoms with E-state index in [0.717, 1.165) is 17.6 Å². The summed E-state index contributed by atoms with van der Waals surface area (Å²) in [6.45, 7) is 9.28. The third-order valence-electron chi connectivity index (χ3n) is 6.47. The third kappa shape index (κ3) is 2.32. The minimum Gasteiger partial charge on any atom is -0.458 e. The van der Waals surface area contributed by atoms with Gasteiger partial charge in [0.05, 0.1) is 18.6 Å². The molecule has 0 aromatic heterocycles. The summed E-state index contributed by atoms with van der Waals surface area (Å²) in [5.41, 5.74) is 2.39. The van der Waals surface area contributed by atoms with E-state index in [2.05, 4.69) is 6.58 Å². The topological polar surface area (TPSA) is 85.4 Å². The molecule has 0 unspecified atom stereocenters. The van der Waals surface area contributed by atoms with Gasteiger partial charge >= 0.3 is 11.9 Å². The summed E-state index contributed by atoms with van der Waals surface area (Å²) in [5.74, 6) is -1.43. The summed E-state index contributed by atoms with van der Waals surface area (Å²) < 4.78 is 17.3. The zero-order valence-electron chi connectivity index (χ0n) is 15.3. The van der Waals surface area contributed by atoms with E-state index in [1.165, 1.54) is 0 Å². The highest BCUT2D eigenvalue weighted by atomic mass is 16.6. The lowest BCUT2D eigenvalue weighted by molar-refractivity contribution is -0.149. The van der Waals surface area contributed by atoms with Gasteiger partial charge in [-0.05, 0) is 32.8 Å². The number of fused-ring (bicyclic) bond motifs is 5. The first-order valence-corrected chi connectivity index (χ1v) is 9.05. The Morgan fingerprint density at radius 1 is 1.46 bits per heavy atom. The molecule has 2 saturated heterocycles. The van der Waals surface area contributed by atoms with Crippen LogP contribution in [-0.4, -0.2) is 47.6 Å². The van der Waals surface area contributed by atoms with Crippen molar-refractivity contribution in [2.75, 3.05) is 6.61 Å². The van der Waals surface area contributed by atoms with Crippen molar-refractivity contribution in [3.8, 4) is 0 Å². The van der Waals surface area contributed by atoms with Gasteiger partial charge in [-0.15, -0.1) is 0 Å². The first kappa shape index (κ1) is 17.5. The molecule has 4 rings (SSSR count). The Morgan fingerprint density at radius 3 is 2.85 bits per heavy atom. The van der Waals surface area contributed by atoms with Crippen molar-refractivity contribution in [1.82, 2.24) is 0 Å². The summed E-state index contributed by atoms with van der Waals surface area (Å²) in [6, 6.07) is 0. The number of aliphatic hydroxyl groups is 1. The van der Waals surface area contributed by atoms with Gasteiger partial charge < -0.3 is 19.3 Å². The highest BCUT2D eigenvalue weighted by molar-refractivity contribution is 5.92. The molecule has 2 heterocycles. The summed E-state index contributed by atoms with van der Waals surface area (Å²) in [7, 11) is 0. The number of esters is 2. The van der Waals surface area contributed by atoms with Crippen LogP contribution < -0.4 is 0 Å². The first-order valence-electron chi connectivity index (χ1n) is 9.05. The summed E-state index contributed by atoms with van der Waals surface area (Å²) in [5, 5.41) is 9.96. The SMILES string of the molecule is C=C1C(=O)O[C@H]2[C@H]1[C@H](OC(=O)/C(C)=C\C)CC(CO)=C1C[C@@H]3O[C@]3(C)[C@@H]12. The predicted molar refractivity (Wildman–Crippen MR) is 91.9 cm³/mol. The van der Waals surface area contributed by atoms with Crippen LogP contribution in [0.5, 0.6) is 0 Å². The van der Waals surface area contributed by atoms with Gasteiger partial charge in [0.25, 0.3) is 0 Å². The fraction of sp³-hybridized carbons (Fsp3) is 0.600. The van der Waals surface area contributed by atoms with Crippen molar-refractivity contribution in [3.05, 3.63) is 34.9 Å². The number of ether oxygens (including phenoxy) is 3. The largest absolute Gasteiger partial charge is 0.458 e. The number of allylic oxidation sites excluding steroid dienone is 1. The molecule has 0 amide bonds. The Kier molecular flexibility index (Phi) is 3.90. The van der Waals surface area contributed by atoms with E-state index >= 15 is 0 Å². The predicted octanol–water partition coefficient (Wildman–Crippen LogP) is 1.83. The Labute approximate surface area is 152 Å². The molecule has 140 valence electrons. The number of aliphatic hydroxyl groups excluding tert-OH is 1. The van der Waals surface area contributed by atoms with E-state index in [1.54, 1.807) is 19.9 Å². The first-order chi connectivity index (χ1) is 12.3. The molecule has 0 spiro atoms. The van der Waals surface area contributed by atoms with Gasteiger partial charge in [-0.2, -0.15) is 0 Å². The number of hydrogen-bond donors (Lipinski definition) is 1. The molecule has 6 nitrogen and oxygen atoms in total. The van der Waals surface area contributed by atoms with E-state index in [-0.39, 0.29) is 24.2 Å². The maximum Gasteiger partial charge on any atom is 0.334 e. The molecule has 2 aliphatic heterocycles. The van der Waals surface area contributed by atoms with Crippen molar-refractivity contribution in [2.24, 2.45) is 11.8 Å². The fourth-order valence-electron chi connectivity index (χ4n) is 4.80. The summed E-state index contributed by atoms with van der Waals surface area (Å²) in [6.07, 6.45) is 1.81. The Hall–Kier alpha value is -1.92. The van der Waals surface area contributed by atoms with Crippen molar-refractivity contribution in [2.45, 2.75) is 57.5 Å². The quantitative estimate of drug-likeness (QED) is 0.358. The van der Waals surface area contributed by atoms with Crippen molar-refractivity contribution < 1.29 is 28.9 Å². The minimum atomic E-state index is -0.595. The second-order valence-corrected chi connectivity index (χ2v) is 7.80. The molecule has 0 aromatic carbocycles. The zero-order chi connectivity index (χ0) is 18.8. The van der Waals surface area contributed by atoms with Crippen molar-refractivity contribution in [3.63, 3.8) is 0 Å². The molecule has 2 aliphatic carbocycles. The average molecular weight is 360 g/mol. The van der Waals surface area contributed by atoms with E-state index in [9.17, 15) is 14.7 Å². The van der Waals surface area contributed by atoms with Gasteiger partial charge in [-0.3, -0.25) is 0 Å². The number of rotatable bonds is 3. The Balaban J connectivity index is 1.75. The van der Waals surface area contributed by atoms with Crippen LogP contribution in [0.3, 0.4) is 0 Å². The van der Waals surface area contributed by atoms with Crippen LogP contribution >= 0.6 is 0 Å². The van der Waals surface area contributed by atoms with E-state index in [1.807, 2.05) is 6.92 Å². The van der Waals surface area contributed by atoms with Crippen LogP contribution in [0.1, 0.15) is 33.6 Å². The Morgan fingerprint density at radius 2 is 2.19 bits per heavy atom. The number of hydrogen-bond acceptors (Lipinski definition) is 6. The highest BCUT2D eigenvalue weighted by Crippen LogP contribution is 2.62. The van der Waals surface area contributed by atoms with E-state index < -0.39 is 30.1 Å². The monoisotopic (exact) mass is 360 g/mol. The molecule has 26 heavy (non-hydrogen) atoms. The number of carbonyl (C=O) groups excluding carboxylic acids is 2. The normalized spacial score (nSPS) is 41.2. The molecular formula is C20H24O6. The van der Waals surface area contributed by atoms with Crippen LogP contribution in [0.2, 0.25) is 0 Å². The van der Waals surface area contributed by atoms with E-state index in [4.69, 9.17) is 14.2 Å². The second kappa shape index (κ2) is 5.79. The maximum absolute atomic E-state index is 12.4. The van der Waals surface area contributed by atoms with Gasteiger partial charge in [0.15, 0.2) is 0 Å². The molecule has 3 fully saturated rings. The Bertz CT molecular complexity index is 762. The minimum absolute atomic E-state index is 0.0987. The molecule has 4 aliphatic rings. The number of epoxide rings is 1. The molecule has 1 saturated carbocycles. The molecule has 0 radical (unpaired) electrons. The zero-order valence-corrected chi connectivity index (χ0v) is 15.3. The molecule has 0 aromatic rings. The average Bonchev–Trinajstić information content (AvgIpc) is 3.09. The molecule has 1 N–H and O–H groups in total. The lowest BCUT2D eigenvalue weighted by Gasteiger charge is -2.30. The molecule has 0 bridgehead atoms.